The van der Waals surface area contributed by atoms with E-state index in [0.717, 1.165) is 9.35 Å². The van der Waals surface area contributed by atoms with Gasteiger partial charge in [0.15, 0.2) is 0 Å². The molecule has 26 heavy (non-hydrogen) atoms. The summed E-state index contributed by atoms with van der Waals surface area (Å²) in [6, 6.07) is 6.42. The van der Waals surface area contributed by atoms with Crippen molar-refractivity contribution in [3.05, 3.63) is 50.1 Å². The maximum Gasteiger partial charge on any atom is 0.338 e. The Morgan fingerprint density at radius 3 is 2.69 bits per heavy atom. The van der Waals surface area contributed by atoms with Crippen LogP contribution in [0.15, 0.2) is 38.3 Å². The molecule has 140 valence electrons. The maximum absolute atomic E-state index is 12.8. The van der Waals surface area contributed by atoms with E-state index in [1.807, 2.05) is 11.4 Å². The zero-order chi connectivity index (χ0) is 18.7. The van der Waals surface area contributed by atoms with Crippen molar-refractivity contribution in [1.29, 1.82) is 0 Å². The summed E-state index contributed by atoms with van der Waals surface area (Å²) < 4.78 is 38.4. The van der Waals surface area contributed by atoms with Gasteiger partial charge < -0.3 is 9.47 Å². The minimum absolute atomic E-state index is 0.0928. The third-order valence-electron chi connectivity index (χ3n) is 4.03. The smallest absolute Gasteiger partial charge is 0.338 e. The first-order chi connectivity index (χ1) is 12.4. The number of morpholine rings is 1. The lowest BCUT2D eigenvalue weighted by atomic mass is 10.1. The van der Waals surface area contributed by atoms with Crippen LogP contribution in [0.5, 0.6) is 0 Å². The molecule has 1 saturated heterocycles. The molecule has 3 rings (SSSR count). The number of sulfonamides is 1. The zero-order valence-electron chi connectivity index (χ0n) is 14.1. The lowest BCUT2D eigenvalue weighted by Crippen LogP contribution is -2.40. The maximum atomic E-state index is 12.8. The highest BCUT2D eigenvalue weighted by Gasteiger charge is 2.27. The van der Waals surface area contributed by atoms with E-state index in [9.17, 15) is 13.2 Å². The number of benzene rings is 1. The Labute approximate surface area is 164 Å². The van der Waals surface area contributed by atoms with E-state index < -0.39 is 16.0 Å². The van der Waals surface area contributed by atoms with Crippen LogP contribution in [-0.2, 0) is 26.1 Å². The van der Waals surface area contributed by atoms with Crippen LogP contribution in [0, 0.1) is 6.92 Å². The van der Waals surface area contributed by atoms with Gasteiger partial charge in [0.05, 0.1) is 27.5 Å². The van der Waals surface area contributed by atoms with E-state index >= 15 is 0 Å². The first-order valence-corrected chi connectivity index (χ1v) is 11.1. The molecule has 1 fully saturated rings. The number of thiophene rings is 1. The molecule has 0 saturated carbocycles. The average Bonchev–Trinajstić information content (AvgIpc) is 3.06. The number of halogens is 1. The van der Waals surface area contributed by atoms with Crippen LogP contribution in [-0.4, -0.2) is 45.0 Å². The van der Waals surface area contributed by atoms with Crippen molar-refractivity contribution in [3.63, 3.8) is 0 Å². The Morgan fingerprint density at radius 2 is 2.04 bits per heavy atom. The van der Waals surface area contributed by atoms with Gasteiger partial charge in [0.25, 0.3) is 0 Å². The summed E-state index contributed by atoms with van der Waals surface area (Å²) in [6.45, 7) is 3.25. The number of aryl methyl sites for hydroxylation is 1. The number of nitrogens with zero attached hydrogens (tertiary/aromatic N) is 1. The van der Waals surface area contributed by atoms with Gasteiger partial charge in [-0.1, -0.05) is 6.07 Å². The Bertz CT molecular complexity index is 904. The summed E-state index contributed by atoms with van der Waals surface area (Å²) in [5.74, 6) is -0.538. The summed E-state index contributed by atoms with van der Waals surface area (Å²) in [5, 5.41) is 1.89. The van der Waals surface area contributed by atoms with E-state index in [1.165, 1.54) is 27.8 Å². The quantitative estimate of drug-likeness (QED) is 0.641. The van der Waals surface area contributed by atoms with Crippen molar-refractivity contribution in [2.45, 2.75) is 18.4 Å². The molecule has 0 bridgehead atoms. The molecule has 1 aromatic carbocycles. The number of ether oxygens (including phenoxy) is 2. The first-order valence-electron chi connectivity index (χ1n) is 7.96. The number of esters is 1. The van der Waals surface area contributed by atoms with Gasteiger partial charge in [-0.05, 0) is 52.0 Å². The fourth-order valence-corrected chi connectivity index (χ4v) is 5.19. The summed E-state index contributed by atoms with van der Waals surface area (Å²) >= 11 is 4.87. The predicted molar refractivity (Wildman–Crippen MR) is 102 cm³/mol. The Balaban J connectivity index is 1.79. The Kier molecular flexibility index (Phi) is 6.13. The molecular weight excluding hydrogens is 442 g/mol. The topological polar surface area (TPSA) is 72.9 Å². The standard InChI is InChI=1S/C17H18BrNO5S2/c1-12-2-3-14(26(21,22)19-4-6-23-7-5-19)9-15(12)17(20)24-10-13-8-16(18)25-11-13/h2-3,8-9,11H,4-7,10H2,1H3. The van der Waals surface area contributed by atoms with Gasteiger partial charge in [0, 0.05) is 18.7 Å². The Morgan fingerprint density at radius 1 is 1.31 bits per heavy atom. The van der Waals surface area contributed by atoms with Crippen LogP contribution >= 0.6 is 27.3 Å². The van der Waals surface area contributed by atoms with Crippen LogP contribution in [0.25, 0.3) is 0 Å². The molecule has 0 unspecified atom stereocenters. The lowest BCUT2D eigenvalue weighted by Gasteiger charge is -2.26. The van der Waals surface area contributed by atoms with Crippen molar-refractivity contribution in [1.82, 2.24) is 4.31 Å². The van der Waals surface area contributed by atoms with Gasteiger partial charge in [-0.3, -0.25) is 0 Å². The molecule has 1 aromatic heterocycles. The second-order valence-electron chi connectivity index (χ2n) is 5.83. The molecule has 0 N–H and O–H groups in total. The molecule has 0 radical (unpaired) electrons. The molecule has 0 atom stereocenters. The molecule has 1 aliphatic heterocycles. The van der Waals surface area contributed by atoms with Crippen molar-refractivity contribution < 1.29 is 22.7 Å². The van der Waals surface area contributed by atoms with Crippen LogP contribution in [0.1, 0.15) is 21.5 Å². The second kappa shape index (κ2) is 8.18. The van der Waals surface area contributed by atoms with Gasteiger partial charge in [-0.2, -0.15) is 4.31 Å². The summed E-state index contributed by atoms with van der Waals surface area (Å²) in [6.07, 6.45) is 0. The predicted octanol–water partition coefficient (Wildman–Crippen LogP) is 3.20. The van der Waals surface area contributed by atoms with Crippen LogP contribution in [0.4, 0.5) is 0 Å². The summed E-state index contributed by atoms with van der Waals surface area (Å²) in [7, 11) is -3.66. The number of carbonyl (C=O) groups is 1. The molecular formula is C17H18BrNO5S2. The van der Waals surface area contributed by atoms with Crippen molar-refractivity contribution in [3.8, 4) is 0 Å². The van der Waals surface area contributed by atoms with Gasteiger partial charge in [-0.15, -0.1) is 11.3 Å². The fourth-order valence-electron chi connectivity index (χ4n) is 2.57. The van der Waals surface area contributed by atoms with Crippen molar-refractivity contribution >= 4 is 43.3 Å². The SMILES string of the molecule is Cc1ccc(S(=O)(=O)N2CCOCC2)cc1C(=O)OCc1csc(Br)c1. The average molecular weight is 460 g/mol. The first kappa shape index (κ1) is 19.5. The highest BCUT2D eigenvalue weighted by Crippen LogP contribution is 2.23. The van der Waals surface area contributed by atoms with Crippen molar-refractivity contribution in [2.75, 3.05) is 26.3 Å². The van der Waals surface area contributed by atoms with Gasteiger partial charge in [-0.25, -0.2) is 13.2 Å². The molecule has 6 nitrogen and oxygen atoms in total. The number of rotatable bonds is 5. The van der Waals surface area contributed by atoms with E-state index in [2.05, 4.69) is 15.9 Å². The van der Waals surface area contributed by atoms with Gasteiger partial charge >= 0.3 is 5.97 Å². The molecule has 2 aromatic rings. The third kappa shape index (κ3) is 4.34. The minimum Gasteiger partial charge on any atom is -0.457 e. The number of hydrogen-bond donors (Lipinski definition) is 0. The number of carbonyl (C=O) groups excluding carboxylic acids is 1. The minimum atomic E-state index is -3.66. The third-order valence-corrected chi connectivity index (χ3v) is 7.48. The van der Waals surface area contributed by atoms with Gasteiger partial charge in [0.2, 0.25) is 10.0 Å². The largest absolute Gasteiger partial charge is 0.457 e. The van der Waals surface area contributed by atoms with E-state index in [4.69, 9.17) is 9.47 Å². The van der Waals surface area contributed by atoms with Crippen LogP contribution < -0.4 is 0 Å². The molecule has 9 heteroatoms. The monoisotopic (exact) mass is 459 g/mol. The van der Waals surface area contributed by atoms with E-state index in [-0.39, 0.29) is 17.1 Å². The highest BCUT2D eigenvalue weighted by molar-refractivity contribution is 9.11. The lowest BCUT2D eigenvalue weighted by molar-refractivity contribution is 0.0472. The van der Waals surface area contributed by atoms with Gasteiger partial charge in [0.1, 0.15) is 6.61 Å². The van der Waals surface area contributed by atoms with E-state index in [1.54, 1.807) is 13.0 Å². The molecule has 2 heterocycles. The zero-order valence-corrected chi connectivity index (χ0v) is 17.3. The van der Waals surface area contributed by atoms with Crippen LogP contribution in [0.3, 0.4) is 0 Å². The molecule has 0 spiro atoms. The number of hydrogen-bond acceptors (Lipinski definition) is 6. The molecule has 0 aliphatic carbocycles. The Hall–Kier alpha value is -1.26. The normalized spacial score (nSPS) is 15.8. The summed E-state index contributed by atoms with van der Waals surface area (Å²) in [5.41, 5.74) is 1.81. The van der Waals surface area contributed by atoms with E-state index in [0.29, 0.717) is 31.9 Å². The highest BCUT2D eigenvalue weighted by atomic mass is 79.9. The summed E-state index contributed by atoms with van der Waals surface area (Å²) in [4.78, 5) is 12.5. The second-order valence-corrected chi connectivity index (χ2v) is 10.1. The molecule has 0 amide bonds. The van der Waals surface area contributed by atoms with Crippen molar-refractivity contribution in [2.24, 2.45) is 0 Å². The van der Waals surface area contributed by atoms with Crippen LogP contribution in [0.2, 0.25) is 0 Å². The molecule has 1 aliphatic rings. The fraction of sp³-hybridized carbons (Fsp3) is 0.353.